The zero-order valence-corrected chi connectivity index (χ0v) is 11.8. The molecule has 4 nitrogen and oxygen atoms in total. The van der Waals surface area contributed by atoms with E-state index in [-0.39, 0.29) is 17.3 Å². The number of nitrogens with one attached hydrogen (secondary N) is 2. The Kier molecular flexibility index (Phi) is 4.45. The average Bonchev–Trinajstić information content (AvgIpc) is 2.29. The van der Waals surface area contributed by atoms with Crippen LogP contribution in [0.3, 0.4) is 0 Å². The number of hydrogen-bond acceptors (Lipinski definition) is 3. The van der Waals surface area contributed by atoms with Crippen LogP contribution in [-0.2, 0) is 10.0 Å². The van der Waals surface area contributed by atoms with Crippen molar-refractivity contribution < 1.29 is 8.42 Å². The summed E-state index contributed by atoms with van der Waals surface area (Å²) in [5.41, 5.74) is 0.192. The number of piperidine rings is 1. The fourth-order valence-corrected chi connectivity index (χ4v) is 4.44. The predicted molar refractivity (Wildman–Crippen MR) is 74.0 cm³/mol. The molecule has 0 amide bonds. The van der Waals surface area contributed by atoms with Gasteiger partial charge in [-0.2, -0.15) is 0 Å². The molecule has 1 aliphatic heterocycles. The third kappa shape index (κ3) is 3.56. The van der Waals surface area contributed by atoms with Gasteiger partial charge in [-0.3, -0.25) is 0 Å². The Morgan fingerprint density at radius 2 is 2.06 bits per heavy atom. The van der Waals surface area contributed by atoms with E-state index in [4.69, 9.17) is 0 Å². The SMILES string of the molecule is C=CCS(=O)(=O)NC1CCNC2(CCCCC2)C1. The standard InChI is InChI=1S/C13H24N2O2S/c1-2-10-18(16,17)15-12-6-9-14-13(11-12)7-4-3-5-8-13/h2,12,14-15H,1,3-11H2. The molecule has 104 valence electrons. The van der Waals surface area contributed by atoms with Gasteiger partial charge in [0, 0.05) is 11.6 Å². The van der Waals surface area contributed by atoms with Crippen LogP contribution in [-0.4, -0.2) is 32.3 Å². The first-order valence-electron chi connectivity index (χ1n) is 6.91. The first-order valence-corrected chi connectivity index (χ1v) is 8.56. The highest BCUT2D eigenvalue weighted by Gasteiger charge is 2.37. The van der Waals surface area contributed by atoms with Gasteiger partial charge in [0.15, 0.2) is 0 Å². The van der Waals surface area contributed by atoms with Crippen molar-refractivity contribution in [2.45, 2.75) is 56.5 Å². The lowest BCUT2D eigenvalue weighted by molar-refractivity contribution is 0.165. The van der Waals surface area contributed by atoms with Crippen LogP contribution in [0.25, 0.3) is 0 Å². The van der Waals surface area contributed by atoms with Gasteiger partial charge in [0.25, 0.3) is 0 Å². The van der Waals surface area contributed by atoms with Crippen LogP contribution in [0.5, 0.6) is 0 Å². The fraction of sp³-hybridized carbons (Fsp3) is 0.846. The lowest BCUT2D eigenvalue weighted by Crippen LogP contribution is -2.57. The van der Waals surface area contributed by atoms with Gasteiger partial charge < -0.3 is 5.32 Å². The van der Waals surface area contributed by atoms with Crippen LogP contribution in [0.15, 0.2) is 12.7 Å². The minimum Gasteiger partial charge on any atom is -0.311 e. The number of rotatable bonds is 4. The first-order chi connectivity index (χ1) is 8.55. The van der Waals surface area contributed by atoms with Crippen molar-refractivity contribution in [1.82, 2.24) is 10.0 Å². The van der Waals surface area contributed by atoms with Crippen molar-refractivity contribution in [3.8, 4) is 0 Å². The largest absolute Gasteiger partial charge is 0.311 e. The molecule has 0 aromatic carbocycles. The maximum absolute atomic E-state index is 11.8. The van der Waals surface area contributed by atoms with E-state index in [2.05, 4.69) is 16.6 Å². The summed E-state index contributed by atoms with van der Waals surface area (Å²) in [6.45, 7) is 4.41. The van der Waals surface area contributed by atoms with E-state index in [1.165, 1.54) is 38.2 Å². The topological polar surface area (TPSA) is 58.2 Å². The van der Waals surface area contributed by atoms with Crippen molar-refractivity contribution in [3.05, 3.63) is 12.7 Å². The molecule has 1 spiro atoms. The van der Waals surface area contributed by atoms with E-state index in [9.17, 15) is 8.42 Å². The van der Waals surface area contributed by atoms with Gasteiger partial charge in [-0.25, -0.2) is 13.1 Å². The molecular weight excluding hydrogens is 248 g/mol. The molecule has 1 unspecified atom stereocenters. The highest BCUT2D eigenvalue weighted by molar-refractivity contribution is 7.89. The van der Waals surface area contributed by atoms with E-state index in [1.54, 1.807) is 0 Å². The molecule has 0 bridgehead atoms. The minimum absolute atomic E-state index is 0.0178. The fourth-order valence-electron chi connectivity index (χ4n) is 3.32. The van der Waals surface area contributed by atoms with Crippen LogP contribution in [0.4, 0.5) is 0 Å². The molecular formula is C13H24N2O2S. The summed E-state index contributed by atoms with van der Waals surface area (Å²) < 4.78 is 26.4. The first kappa shape index (κ1) is 14.0. The molecule has 1 aliphatic carbocycles. The summed E-state index contributed by atoms with van der Waals surface area (Å²) in [5.74, 6) is 0.0178. The van der Waals surface area contributed by atoms with Crippen molar-refractivity contribution >= 4 is 10.0 Å². The van der Waals surface area contributed by atoms with Crippen LogP contribution < -0.4 is 10.0 Å². The molecule has 0 aromatic heterocycles. The zero-order chi connectivity index (χ0) is 13.1. The maximum Gasteiger partial charge on any atom is 0.215 e. The molecule has 0 aromatic rings. The normalized spacial score (nSPS) is 28.1. The van der Waals surface area contributed by atoms with Gasteiger partial charge in [0.1, 0.15) is 0 Å². The van der Waals surface area contributed by atoms with Crippen LogP contribution in [0, 0.1) is 0 Å². The predicted octanol–water partition coefficient (Wildman–Crippen LogP) is 1.55. The van der Waals surface area contributed by atoms with E-state index < -0.39 is 10.0 Å². The van der Waals surface area contributed by atoms with Gasteiger partial charge in [0.2, 0.25) is 10.0 Å². The van der Waals surface area contributed by atoms with Gasteiger partial charge in [-0.05, 0) is 32.2 Å². The Morgan fingerprint density at radius 3 is 2.72 bits per heavy atom. The average molecular weight is 272 g/mol. The molecule has 1 atom stereocenters. The zero-order valence-electron chi connectivity index (χ0n) is 11.0. The van der Waals surface area contributed by atoms with E-state index in [1.807, 2.05) is 0 Å². The molecule has 1 saturated heterocycles. The molecule has 2 fully saturated rings. The smallest absolute Gasteiger partial charge is 0.215 e. The highest BCUT2D eigenvalue weighted by atomic mass is 32.2. The summed E-state index contributed by atoms with van der Waals surface area (Å²) in [6, 6.07) is 0.0919. The van der Waals surface area contributed by atoms with Crippen LogP contribution >= 0.6 is 0 Å². The molecule has 18 heavy (non-hydrogen) atoms. The Balaban J connectivity index is 1.96. The summed E-state index contributed by atoms with van der Waals surface area (Å²) in [6.07, 6.45) is 9.48. The van der Waals surface area contributed by atoms with E-state index >= 15 is 0 Å². The Bertz CT molecular complexity index is 380. The van der Waals surface area contributed by atoms with Crippen molar-refractivity contribution in [2.75, 3.05) is 12.3 Å². The maximum atomic E-state index is 11.8. The quantitative estimate of drug-likeness (QED) is 0.763. The molecule has 2 rings (SSSR count). The molecule has 5 heteroatoms. The summed E-state index contributed by atoms with van der Waals surface area (Å²) >= 11 is 0. The lowest BCUT2D eigenvalue weighted by Gasteiger charge is -2.44. The Labute approximate surface area is 110 Å². The summed E-state index contributed by atoms with van der Waals surface area (Å²) in [5, 5.41) is 3.63. The van der Waals surface area contributed by atoms with Crippen molar-refractivity contribution in [2.24, 2.45) is 0 Å². The van der Waals surface area contributed by atoms with Crippen LogP contribution in [0.2, 0.25) is 0 Å². The third-order valence-corrected chi connectivity index (χ3v) is 5.49. The highest BCUT2D eigenvalue weighted by Crippen LogP contribution is 2.34. The second-order valence-electron chi connectivity index (χ2n) is 5.65. The molecule has 1 heterocycles. The molecule has 2 aliphatic rings. The second kappa shape index (κ2) is 5.72. The van der Waals surface area contributed by atoms with E-state index in [0.717, 1.165) is 19.4 Å². The monoisotopic (exact) mass is 272 g/mol. The van der Waals surface area contributed by atoms with E-state index in [0.29, 0.717) is 0 Å². The molecule has 0 radical (unpaired) electrons. The van der Waals surface area contributed by atoms with Crippen molar-refractivity contribution in [1.29, 1.82) is 0 Å². The molecule has 1 saturated carbocycles. The van der Waals surface area contributed by atoms with Gasteiger partial charge >= 0.3 is 0 Å². The van der Waals surface area contributed by atoms with Crippen LogP contribution in [0.1, 0.15) is 44.9 Å². The Morgan fingerprint density at radius 1 is 1.33 bits per heavy atom. The lowest BCUT2D eigenvalue weighted by atomic mass is 9.75. The minimum atomic E-state index is -3.18. The van der Waals surface area contributed by atoms with Gasteiger partial charge in [0.05, 0.1) is 5.75 Å². The summed E-state index contributed by atoms with van der Waals surface area (Å²) in [7, 11) is -3.18. The molecule has 2 N–H and O–H groups in total. The third-order valence-electron chi connectivity index (χ3n) is 4.12. The Hall–Kier alpha value is -0.390. The van der Waals surface area contributed by atoms with Gasteiger partial charge in [-0.15, -0.1) is 6.58 Å². The van der Waals surface area contributed by atoms with Crippen molar-refractivity contribution in [3.63, 3.8) is 0 Å². The number of sulfonamides is 1. The summed E-state index contributed by atoms with van der Waals surface area (Å²) in [4.78, 5) is 0. The van der Waals surface area contributed by atoms with Gasteiger partial charge in [-0.1, -0.05) is 25.3 Å². The second-order valence-corrected chi connectivity index (χ2v) is 7.44. The number of hydrogen-bond donors (Lipinski definition) is 2.